The minimum atomic E-state index is -0.110. The van der Waals surface area contributed by atoms with Crippen LogP contribution in [0.4, 0.5) is 10.5 Å². The van der Waals surface area contributed by atoms with Gasteiger partial charge in [-0.05, 0) is 50.3 Å². The van der Waals surface area contributed by atoms with Gasteiger partial charge >= 0.3 is 6.03 Å². The van der Waals surface area contributed by atoms with Crippen LogP contribution in [0.3, 0.4) is 0 Å². The molecule has 1 aromatic carbocycles. The summed E-state index contributed by atoms with van der Waals surface area (Å²) in [4.78, 5) is 42.0. The molecule has 0 aromatic heterocycles. The topological polar surface area (TPSA) is 69.7 Å². The molecule has 1 saturated carbocycles. The maximum Gasteiger partial charge on any atom is 0.321 e. The fourth-order valence-electron chi connectivity index (χ4n) is 5.07. The summed E-state index contributed by atoms with van der Waals surface area (Å²) >= 11 is 0. The zero-order valence-electron chi connectivity index (χ0n) is 17.1. The second kappa shape index (κ2) is 8.97. The summed E-state index contributed by atoms with van der Waals surface area (Å²) in [6, 6.07) is 7.30. The standard InChI is InChI=1S/C23H31N3O3/c27-21-12-4-3-10-19(21)20-11-2-1-5-14-26(20)22(28)17-8-6-9-18(16-17)25-15-7-13-24-23(25)29/h6,8-9,16,19-20H,1-5,7,10-15H2,(H,24,29)/t19-,20-/m0/s1. The highest BCUT2D eigenvalue weighted by Crippen LogP contribution is 2.32. The quantitative estimate of drug-likeness (QED) is 0.844. The first kappa shape index (κ1) is 19.9. The number of anilines is 1. The fourth-order valence-corrected chi connectivity index (χ4v) is 5.07. The van der Waals surface area contributed by atoms with Crippen molar-refractivity contribution in [3.8, 4) is 0 Å². The Labute approximate surface area is 172 Å². The van der Waals surface area contributed by atoms with Gasteiger partial charge in [-0.15, -0.1) is 0 Å². The van der Waals surface area contributed by atoms with Crippen LogP contribution in [0.15, 0.2) is 24.3 Å². The average Bonchev–Trinajstić information content (AvgIpc) is 3.00. The lowest BCUT2D eigenvalue weighted by molar-refractivity contribution is -0.126. The summed E-state index contributed by atoms with van der Waals surface area (Å²) in [5.41, 5.74) is 1.36. The monoisotopic (exact) mass is 397 g/mol. The van der Waals surface area contributed by atoms with Crippen LogP contribution in [0.2, 0.25) is 0 Å². The molecule has 3 aliphatic rings. The molecule has 2 saturated heterocycles. The number of nitrogens with zero attached hydrogens (tertiary/aromatic N) is 2. The van der Waals surface area contributed by atoms with Crippen molar-refractivity contribution in [2.24, 2.45) is 5.92 Å². The van der Waals surface area contributed by atoms with E-state index in [4.69, 9.17) is 0 Å². The number of amides is 3. The van der Waals surface area contributed by atoms with Crippen LogP contribution in [0, 0.1) is 5.92 Å². The van der Waals surface area contributed by atoms with Crippen molar-refractivity contribution in [1.82, 2.24) is 10.2 Å². The number of carbonyl (C=O) groups excluding carboxylic acids is 3. The first-order chi connectivity index (χ1) is 14.1. The second-order valence-corrected chi connectivity index (χ2v) is 8.52. The molecule has 2 atom stereocenters. The summed E-state index contributed by atoms with van der Waals surface area (Å²) in [5, 5.41) is 2.86. The van der Waals surface area contributed by atoms with E-state index in [1.807, 2.05) is 29.2 Å². The molecular formula is C23H31N3O3. The molecular weight excluding hydrogens is 366 g/mol. The number of hydrogen-bond donors (Lipinski definition) is 1. The van der Waals surface area contributed by atoms with Crippen molar-refractivity contribution < 1.29 is 14.4 Å². The van der Waals surface area contributed by atoms with E-state index < -0.39 is 0 Å². The summed E-state index contributed by atoms with van der Waals surface area (Å²) < 4.78 is 0. The van der Waals surface area contributed by atoms with Gasteiger partial charge in [0.1, 0.15) is 5.78 Å². The maximum absolute atomic E-state index is 13.5. The molecule has 156 valence electrons. The maximum atomic E-state index is 13.5. The van der Waals surface area contributed by atoms with E-state index in [0.717, 1.165) is 57.1 Å². The van der Waals surface area contributed by atoms with E-state index in [0.29, 0.717) is 37.4 Å². The van der Waals surface area contributed by atoms with Gasteiger partial charge in [0.05, 0.1) is 0 Å². The van der Waals surface area contributed by atoms with Crippen LogP contribution in [0.25, 0.3) is 0 Å². The second-order valence-electron chi connectivity index (χ2n) is 8.52. The van der Waals surface area contributed by atoms with E-state index in [1.54, 1.807) is 4.90 Å². The number of carbonyl (C=O) groups is 3. The van der Waals surface area contributed by atoms with Gasteiger partial charge in [-0.25, -0.2) is 4.79 Å². The van der Waals surface area contributed by atoms with E-state index in [-0.39, 0.29) is 23.9 Å². The highest BCUT2D eigenvalue weighted by molar-refractivity contribution is 5.98. The molecule has 3 amide bonds. The molecule has 2 heterocycles. The summed E-state index contributed by atoms with van der Waals surface area (Å²) in [6.45, 7) is 2.06. The molecule has 1 aromatic rings. The van der Waals surface area contributed by atoms with Crippen LogP contribution in [-0.4, -0.2) is 48.3 Å². The molecule has 1 N–H and O–H groups in total. The lowest BCUT2D eigenvalue weighted by Gasteiger charge is -2.37. The van der Waals surface area contributed by atoms with Gasteiger partial charge in [0.15, 0.2) is 0 Å². The minimum Gasteiger partial charge on any atom is -0.338 e. The highest BCUT2D eigenvalue weighted by atomic mass is 16.2. The predicted octanol–water partition coefficient (Wildman–Crippen LogP) is 3.75. The molecule has 6 heteroatoms. The molecule has 6 nitrogen and oxygen atoms in total. The number of rotatable bonds is 3. The first-order valence-corrected chi connectivity index (χ1v) is 11.1. The number of urea groups is 1. The van der Waals surface area contributed by atoms with Gasteiger partial charge < -0.3 is 10.2 Å². The third-order valence-corrected chi connectivity index (χ3v) is 6.61. The Morgan fingerprint density at radius 3 is 2.66 bits per heavy atom. The molecule has 4 rings (SSSR count). The Morgan fingerprint density at radius 2 is 1.83 bits per heavy atom. The van der Waals surface area contributed by atoms with Gasteiger partial charge in [-0.2, -0.15) is 0 Å². The third-order valence-electron chi connectivity index (χ3n) is 6.61. The van der Waals surface area contributed by atoms with Crippen LogP contribution >= 0.6 is 0 Å². The van der Waals surface area contributed by atoms with Gasteiger partial charge in [0, 0.05) is 49.3 Å². The van der Waals surface area contributed by atoms with Gasteiger partial charge in [0.25, 0.3) is 5.91 Å². The molecule has 0 radical (unpaired) electrons. The molecule has 0 bridgehead atoms. The zero-order valence-corrected chi connectivity index (χ0v) is 17.1. The van der Waals surface area contributed by atoms with E-state index in [2.05, 4.69) is 5.32 Å². The van der Waals surface area contributed by atoms with E-state index in [1.165, 1.54) is 0 Å². The Morgan fingerprint density at radius 1 is 0.966 bits per heavy atom. The summed E-state index contributed by atoms with van der Waals surface area (Å²) in [6.07, 6.45) is 8.59. The zero-order chi connectivity index (χ0) is 20.2. The Bertz CT molecular complexity index is 778. The molecule has 3 fully saturated rings. The van der Waals surface area contributed by atoms with Crippen molar-refractivity contribution in [3.63, 3.8) is 0 Å². The summed E-state index contributed by atoms with van der Waals surface area (Å²) in [5.74, 6) is 0.316. The normalized spacial score (nSPS) is 26.1. The molecule has 2 aliphatic heterocycles. The Kier molecular flexibility index (Phi) is 6.16. The smallest absolute Gasteiger partial charge is 0.321 e. The number of likely N-dealkylation sites (tertiary alicyclic amines) is 1. The van der Waals surface area contributed by atoms with E-state index >= 15 is 0 Å². The van der Waals surface area contributed by atoms with Crippen LogP contribution in [0.5, 0.6) is 0 Å². The lowest BCUT2D eigenvalue weighted by atomic mass is 9.80. The van der Waals surface area contributed by atoms with Gasteiger partial charge in [-0.1, -0.05) is 25.3 Å². The third kappa shape index (κ3) is 4.31. The van der Waals surface area contributed by atoms with Crippen molar-refractivity contribution >= 4 is 23.4 Å². The number of Topliss-reactive ketones (excluding diaryl/α,β-unsaturated/α-hetero) is 1. The van der Waals surface area contributed by atoms with Gasteiger partial charge in [0.2, 0.25) is 0 Å². The Balaban J connectivity index is 1.58. The van der Waals surface area contributed by atoms with Crippen molar-refractivity contribution in [2.45, 2.75) is 63.8 Å². The highest BCUT2D eigenvalue weighted by Gasteiger charge is 2.37. The average molecular weight is 398 g/mol. The minimum absolute atomic E-state index is 0.00505. The number of hydrogen-bond acceptors (Lipinski definition) is 3. The fraction of sp³-hybridized carbons (Fsp3) is 0.609. The lowest BCUT2D eigenvalue weighted by Crippen LogP contribution is -2.48. The van der Waals surface area contributed by atoms with Crippen molar-refractivity contribution in [2.75, 3.05) is 24.5 Å². The molecule has 29 heavy (non-hydrogen) atoms. The van der Waals surface area contributed by atoms with Crippen LogP contribution in [0.1, 0.15) is 68.1 Å². The summed E-state index contributed by atoms with van der Waals surface area (Å²) in [7, 11) is 0. The largest absolute Gasteiger partial charge is 0.338 e. The number of nitrogens with one attached hydrogen (secondary N) is 1. The Hall–Kier alpha value is -2.37. The molecule has 1 aliphatic carbocycles. The van der Waals surface area contributed by atoms with Crippen LogP contribution < -0.4 is 10.2 Å². The molecule has 0 spiro atoms. The molecule has 0 unspecified atom stereocenters. The van der Waals surface area contributed by atoms with Crippen molar-refractivity contribution in [1.29, 1.82) is 0 Å². The first-order valence-electron chi connectivity index (χ1n) is 11.1. The number of benzene rings is 1. The van der Waals surface area contributed by atoms with Crippen LogP contribution in [-0.2, 0) is 4.79 Å². The van der Waals surface area contributed by atoms with E-state index in [9.17, 15) is 14.4 Å². The predicted molar refractivity (Wildman–Crippen MR) is 112 cm³/mol. The number of ketones is 1. The SMILES string of the molecule is O=C1CCCC[C@H]1[C@@H]1CCCCCN1C(=O)c1cccc(N2CCCNC2=O)c1. The van der Waals surface area contributed by atoms with Gasteiger partial charge in [-0.3, -0.25) is 14.5 Å². The van der Waals surface area contributed by atoms with Crippen molar-refractivity contribution in [3.05, 3.63) is 29.8 Å².